The molecule has 0 aliphatic carbocycles. The van der Waals surface area contributed by atoms with Crippen LogP contribution in [-0.2, 0) is 9.59 Å². The molecule has 1 aromatic carbocycles. The van der Waals surface area contributed by atoms with Crippen LogP contribution in [0.1, 0.15) is 12.8 Å². The molecule has 2 rings (SSSR count). The Bertz CT molecular complexity index is 548. The van der Waals surface area contributed by atoms with Crippen molar-refractivity contribution in [2.75, 3.05) is 38.6 Å². The van der Waals surface area contributed by atoms with Gasteiger partial charge in [0.15, 0.2) is 0 Å². The second kappa shape index (κ2) is 7.74. The molecular formula is C16H22BrN3O2. The predicted octanol–water partition coefficient (Wildman–Crippen LogP) is 1.87. The number of amides is 2. The van der Waals surface area contributed by atoms with E-state index < -0.39 is 0 Å². The fourth-order valence-electron chi connectivity index (χ4n) is 2.53. The Hall–Kier alpha value is -1.40. The van der Waals surface area contributed by atoms with Crippen molar-refractivity contribution in [2.24, 2.45) is 5.92 Å². The fraction of sp³-hybridized carbons (Fsp3) is 0.500. The van der Waals surface area contributed by atoms with Crippen LogP contribution < -0.4 is 10.2 Å². The lowest BCUT2D eigenvalue weighted by atomic mass is 10.1. The molecule has 1 aliphatic rings. The van der Waals surface area contributed by atoms with Crippen LogP contribution in [-0.4, -0.2) is 50.4 Å². The van der Waals surface area contributed by atoms with E-state index in [9.17, 15) is 9.59 Å². The minimum absolute atomic E-state index is 0.00606. The van der Waals surface area contributed by atoms with Crippen molar-refractivity contribution in [3.8, 4) is 0 Å². The number of nitrogens with zero attached hydrogens (tertiary/aromatic N) is 2. The van der Waals surface area contributed by atoms with Crippen LogP contribution >= 0.6 is 15.9 Å². The van der Waals surface area contributed by atoms with Crippen molar-refractivity contribution in [1.29, 1.82) is 0 Å². The van der Waals surface area contributed by atoms with Gasteiger partial charge < -0.3 is 15.1 Å². The maximum Gasteiger partial charge on any atom is 0.227 e. The molecule has 120 valence electrons. The van der Waals surface area contributed by atoms with Crippen molar-refractivity contribution in [3.63, 3.8) is 0 Å². The van der Waals surface area contributed by atoms with Crippen molar-refractivity contribution < 1.29 is 9.59 Å². The monoisotopic (exact) mass is 367 g/mol. The van der Waals surface area contributed by atoms with Gasteiger partial charge in [-0.3, -0.25) is 9.59 Å². The first kappa shape index (κ1) is 17.0. The number of hydrogen-bond acceptors (Lipinski definition) is 3. The molecule has 22 heavy (non-hydrogen) atoms. The molecule has 0 spiro atoms. The third-order valence-electron chi connectivity index (χ3n) is 3.70. The van der Waals surface area contributed by atoms with Gasteiger partial charge in [0.2, 0.25) is 11.8 Å². The highest BCUT2D eigenvalue weighted by molar-refractivity contribution is 9.10. The van der Waals surface area contributed by atoms with Gasteiger partial charge in [-0.15, -0.1) is 0 Å². The SMILES string of the molecule is CN(C)CCCNC(=O)C1CC(=O)N(c2cccc(Br)c2)C1. The van der Waals surface area contributed by atoms with E-state index in [1.54, 1.807) is 4.90 Å². The molecule has 6 heteroatoms. The Labute approximate surface area is 139 Å². The molecule has 1 atom stereocenters. The lowest BCUT2D eigenvalue weighted by Gasteiger charge is -2.17. The summed E-state index contributed by atoms with van der Waals surface area (Å²) in [6.45, 7) is 2.04. The topological polar surface area (TPSA) is 52.7 Å². The molecule has 0 bridgehead atoms. The highest BCUT2D eigenvalue weighted by Gasteiger charge is 2.34. The molecule has 1 N–H and O–H groups in total. The van der Waals surface area contributed by atoms with Gasteiger partial charge in [-0.05, 0) is 45.3 Å². The summed E-state index contributed by atoms with van der Waals surface area (Å²) in [5.74, 6) is -0.276. The summed E-state index contributed by atoms with van der Waals surface area (Å²) in [5, 5.41) is 2.93. The van der Waals surface area contributed by atoms with E-state index in [1.807, 2.05) is 38.4 Å². The summed E-state index contributed by atoms with van der Waals surface area (Å²) < 4.78 is 0.925. The van der Waals surface area contributed by atoms with Crippen molar-refractivity contribution in [3.05, 3.63) is 28.7 Å². The van der Waals surface area contributed by atoms with Crippen LogP contribution in [0.4, 0.5) is 5.69 Å². The number of benzene rings is 1. The lowest BCUT2D eigenvalue weighted by Crippen LogP contribution is -2.34. The van der Waals surface area contributed by atoms with E-state index in [0.717, 1.165) is 23.1 Å². The van der Waals surface area contributed by atoms with Crippen LogP contribution in [0.5, 0.6) is 0 Å². The minimum atomic E-state index is -0.258. The van der Waals surface area contributed by atoms with Gasteiger partial charge in [0.1, 0.15) is 0 Å². The third-order valence-corrected chi connectivity index (χ3v) is 4.19. The fourth-order valence-corrected chi connectivity index (χ4v) is 2.92. The summed E-state index contributed by atoms with van der Waals surface area (Å²) in [5.41, 5.74) is 0.835. The molecule has 5 nitrogen and oxygen atoms in total. The summed E-state index contributed by atoms with van der Waals surface area (Å²) in [7, 11) is 4.01. The van der Waals surface area contributed by atoms with Gasteiger partial charge in [0.05, 0.1) is 5.92 Å². The zero-order chi connectivity index (χ0) is 16.1. The van der Waals surface area contributed by atoms with E-state index in [1.165, 1.54) is 0 Å². The molecule has 0 saturated carbocycles. The van der Waals surface area contributed by atoms with Crippen LogP contribution in [0.25, 0.3) is 0 Å². The largest absolute Gasteiger partial charge is 0.356 e. The first-order valence-corrected chi connectivity index (χ1v) is 8.25. The van der Waals surface area contributed by atoms with Crippen molar-refractivity contribution in [1.82, 2.24) is 10.2 Å². The first-order valence-electron chi connectivity index (χ1n) is 7.45. The molecule has 0 radical (unpaired) electrons. The Morgan fingerprint density at radius 2 is 2.23 bits per heavy atom. The maximum atomic E-state index is 12.2. The summed E-state index contributed by atoms with van der Waals surface area (Å²) in [6.07, 6.45) is 1.20. The molecule has 1 fully saturated rings. The average molecular weight is 368 g/mol. The molecular weight excluding hydrogens is 346 g/mol. The quantitative estimate of drug-likeness (QED) is 0.780. The van der Waals surface area contributed by atoms with E-state index >= 15 is 0 Å². The Kier molecular flexibility index (Phi) is 5.97. The molecule has 2 amide bonds. The predicted molar refractivity (Wildman–Crippen MR) is 90.8 cm³/mol. The molecule has 1 unspecified atom stereocenters. The number of carbonyl (C=O) groups is 2. The number of nitrogens with one attached hydrogen (secondary N) is 1. The highest BCUT2D eigenvalue weighted by atomic mass is 79.9. The van der Waals surface area contributed by atoms with E-state index in [2.05, 4.69) is 26.1 Å². The first-order chi connectivity index (χ1) is 10.5. The number of anilines is 1. The van der Waals surface area contributed by atoms with Gasteiger partial charge in [-0.25, -0.2) is 0 Å². The smallest absolute Gasteiger partial charge is 0.227 e. The minimum Gasteiger partial charge on any atom is -0.356 e. The highest BCUT2D eigenvalue weighted by Crippen LogP contribution is 2.27. The second-order valence-electron chi connectivity index (χ2n) is 5.83. The number of hydrogen-bond donors (Lipinski definition) is 1. The second-order valence-corrected chi connectivity index (χ2v) is 6.75. The van der Waals surface area contributed by atoms with Crippen molar-refractivity contribution in [2.45, 2.75) is 12.8 Å². The Morgan fingerprint density at radius 3 is 2.91 bits per heavy atom. The van der Waals surface area contributed by atoms with Gasteiger partial charge in [0.25, 0.3) is 0 Å². The van der Waals surface area contributed by atoms with E-state index in [0.29, 0.717) is 13.1 Å². The molecule has 1 saturated heterocycles. The number of carbonyl (C=O) groups excluding carboxylic acids is 2. The Morgan fingerprint density at radius 1 is 1.45 bits per heavy atom. The summed E-state index contributed by atoms with van der Waals surface area (Å²) in [6, 6.07) is 7.59. The summed E-state index contributed by atoms with van der Waals surface area (Å²) >= 11 is 3.41. The van der Waals surface area contributed by atoms with Crippen LogP contribution in [0.15, 0.2) is 28.7 Å². The van der Waals surface area contributed by atoms with Gasteiger partial charge in [-0.2, -0.15) is 0 Å². The molecule has 1 aromatic rings. The Balaban J connectivity index is 1.87. The van der Waals surface area contributed by atoms with Gasteiger partial charge in [-0.1, -0.05) is 22.0 Å². The van der Waals surface area contributed by atoms with Crippen LogP contribution in [0.3, 0.4) is 0 Å². The molecule has 1 heterocycles. The molecule has 0 aromatic heterocycles. The standard InChI is InChI=1S/C16H22BrN3O2/c1-19(2)8-4-7-18-16(22)12-9-15(21)20(11-12)14-6-3-5-13(17)10-14/h3,5-6,10,12H,4,7-9,11H2,1-2H3,(H,18,22). The third kappa shape index (κ3) is 4.55. The molecule has 1 aliphatic heterocycles. The zero-order valence-corrected chi connectivity index (χ0v) is 14.6. The zero-order valence-electron chi connectivity index (χ0n) is 13.0. The normalized spacial score (nSPS) is 18.1. The number of halogens is 1. The average Bonchev–Trinajstić information content (AvgIpc) is 2.85. The van der Waals surface area contributed by atoms with Gasteiger partial charge >= 0.3 is 0 Å². The van der Waals surface area contributed by atoms with E-state index in [4.69, 9.17) is 0 Å². The summed E-state index contributed by atoms with van der Waals surface area (Å²) in [4.78, 5) is 28.1. The van der Waals surface area contributed by atoms with Crippen LogP contribution in [0.2, 0.25) is 0 Å². The van der Waals surface area contributed by atoms with Crippen molar-refractivity contribution >= 4 is 33.4 Å². The number of rotatable bonds is 6. The lowest BCUT2D eigenvalue weighted by molar-refractivity contribution is -0.126. The maximum absolute atomic E-state index is 12.2. The van der Waals surface area contributed by atoms with Gasteiger partial charge in [0, 0.05) is 29.7 Å². The van der Waals surface area contributed by atoms with E-state index in [-0.39, 0.29) is 24.2 Å². The van der Waals surface area contributed by atoms with Crippen LogP contribution in [0, 0.1) is 5.92 Å².